The first-order chi connectivity index (χ1) is 12.7. The number of nitrogens with one attached hydrogen (secondary N) is 2. The fourth-order valence-electron chi connectivity index (χ4n) is 3.65. The SMILES string of the molecule is C=C1NCCCN1c1cccc(-c2cnc3[nH]cc(C4CC4)c3c2Cl)n1. The summed E-state index contributed by atoms with van der Waals surface area (Å²) in [5.74, 6) is 2.38. The number of pyridine rings is 2. The molecule has 0 aromatic carbocycles. The van der Waals surface area contributed by atoms with Crippen LogP contribution in [0, 0.1) is 0 Å². The molecule has 0 bridgehead atoms. The Bertz CT molecular complexity index is 1000. The van der Waals surface area contributed by atoms with Crippen molar-refractivity contribution in [2.24, 2.45) is 0 Å². The van der Waals surface area contributed by atoms with Gasteiger partial charge in [0.1, 0.15) is 11.5 Å². The molecule has 2 N–H and O–H groups in total. The van der Waals surface area contributed by atoms with E-state index in [2.05, 4.69) is 33.0 Å². The van der Waals surface area contributed by atoms with Crippen molar-refractivity contribution in [3.63, 3.8) is 0 Å². The van der Waals surface area contributed by atoms with Crippen LogP contribution in [0.15, 0.2) is 43.0 Å². The Morgan fingerprint density at radius 2 is 2.15 bits per heavy atom. The second-order valence-electron chi connectivity index (χ2n) is 6.99. The smallest absolute Gasteiger partial charge is 0.139 e. The van der Waals surface area contributed by atoms with Gasteiger partial charge in [-0.05, 0) is 42.9 Å². The van der Waals surface area contributed by atoms with E-state index in [1.165, 1.54) is 18.4 Å². The number of aromatic amines is 1. The van der Waals surface area contributed by atoms with E-state index in [-0.39, 0.29) is 0 Å². The van der Waals surface area contributed by atoms with E-state index in [0.717, 1.165) is 58.5 Å². The van der Waals surface area contributed by atoms with Gasteiger partial charge in [-0.3, -0.25) is 0 Å². The molecule has 0 amide bonds. The molecule has 5 rings (SSSR count). The predicted octanol–water partition coefficient (Wildman–Crippen LogP) is 4.43. The van der Waals surface area contributed by atoms with E-state index >= 15 is 0 Å². The van der Waals surface area contributed by atoms with Crippen molar-refractivity contribution < 1.29 is 0 Å². The molecule has 0 spiro atoms. The number of fused-ring (bicyclic) bond motifs is 1. The topological polar surface area (TPSA) is 56.8 Å². The summed E-state index contributed by atoms with van der Waals surface area (Å²) in [7, 11) is 0. The highest BCUT2D eigenvalue weighted by atomic mass is 35.5. The van der Waals surface area contributed by atoms with Gasteiger partial charge in [0.2, 0.25) is 0 Å². The summed E-state index contributed by atoms with van der Waals surface area (Å²) in [5, 5.41) is 5.08. The lowest BCUT2D eigenvalue weighted by Crippen LogP contribution is -2.39. The number of hydrogen-bond acceptors (Lipinski definition) is 4. The van der Waals surface area contributed by atoms with Crippen molar-refractivity contribution in [1.82, 2.24) is 20.3 Å². The molecule has 0 radical (unpaired) electrons. The molecule has 0 atom stereocenters. The zero-order chi connectivity index (χ0) is 17.7. The Morgan fingerprint density at radius 3 is 2.96 bits per heavy atom. The van der Waals surface area contributed by atoms with Gasteiger partial charge in [-0.25, -0.2) is 9.97 Å². The van der Waals surface area contributed by atoms with Gasteiger partial charge in [0.25, 0.3) is 0 Å². The minimum absolute atomic E-state index is 0.611. The summed E-state index contributed by atoms with van der Waals surface area (Å²) < 4.78 is 0. The van der Waals surface area contributed by atoms with Gasteiger partial charge in [-0.15, -0.1) is 0 Å². The van der Waals surface area contributed by atoms with Crippen LogP contribution in [-0.4, -0.2) is 28.0 Å². The van der Waals surface area contributed by atoms with Crippen LogP contribution in [0.2, 0.25) is 5.02 Å². The fourth-order valence-corrected chi connectivity index (χ4v) is 4.00. The summed E-state index contributed by atoms with van der Waals surface area (Å²) in [6.07, 6.45) is 7.38. The van der Waals surface area contributed by atoms with Gasteiger partial charge < -0.3 is 15.2 Å². The highest BCUT2D eigenvalue weighted by Crippen LogP contribution is 2.46. The molecule has 3 aromatic heterocycles. The molecule has 1 aliphatic carbocycles. The molecule has 4 heterocycles. The van der Waals surface area contributed by atoms with Gasteiger partial charge in [-0.1, -0.05) is 24.2 Å². The van der Waals surface area contributed by atoms with Crippen LogP contribution in [-0.2, 0) is 0 Å². The fraction of sp³-hybridized carbons (Fsp3) is 0.300. The van der Waals surface area contributed by atoms with Crippen molar-refractivity contribution in [1.29, 1.82) is 0 Å². The number of nitrogens with zero attached hydrogens (tertiary/aromatic N) is 3. The molecule has 6 heteroatoms. The maximum atomic E-state index is 6.82. The summed E-state index contributed by atoms with van der Waals surface area (Å²) >= 11 is 6.82. The molecular weight excluding hydrogens is 346 g/mol. The molecule has 3 aromatic rings. The highest BCUT2D eigenvalue weighted by molar-refractivity contribution is 6.38. The molecule has 5 nitrogen and oxygen atoms in total. The Kier molecular flexibility index (Phi) is 3.64. The van der Waals surface area contributed by atoms with Crippen LogP contribution in [0.3, 0.4) is 0 Å². The molecule has 1 aliphatic heterocycles. The Hall–Kier alpha value is -2.53. The monoisotopic (exact) mass is 365 g/mol. The van der Waals surface area contributed by atoms with Crippen LogP contribution in [0.5, 0.6) is 0 Å². The summed E-state index contributed by atoms with van der Waals surface area (Å²) in [6, 6.07) is 6.01. The van der Waals surface area contributed by atoms with Gasteiger partial charge >= 0.3 is 0 Å². The largest absolute Gasteiger partial charge is 0.372 e. The summed E-state index contributed by atoms with van der Waals surface area (Å²) in [4.78, 5) is 14.8. The van der Waals surface area contributed by atoms with Gasteiger partial charge in [0.15, 0.2) is 0 Å². The number of halogens is 1. The number of rotatable bonds is 3. The molecule has 26 heavy (non-hydrogen) atoms. The van der Waals surface area contributed by atoms with Crippen molar-refractivity contribution >= 4 is 28.5 Å². The first-order valence-corrected chi connectivity index (χ1v) is 9.43. The molecule has 132 valence electrons. The average molecular weight is 366 g/mol. The quantitative estimate of drug-likeness (QED) is 0.721. The van der Waals surface area contributed by atoms with Crippen molar-refractivity contribution in [3.05, 3.63) is 53.6 Å². The van der Waals surface area contributed by atoms with Crippen LogP contribution in [0.4, 0.5) is 5.82 Å². The first-order valence-electron chi connectivity index (χ1n) is 9.05. The third kappa shape index (κ3) is 2.54. The highest BCUT2D eigenvalue weighted by Gasteiger charge is 2.28. The maximum Gasteiger partial charge on any atom is 0.139 e. The number of aromatic nitrogens is 3. The molecule has 0 unspecified atom stereocenters. The molecular formula is C20H20ClN5. The Morgan fingerprint density at radius 1 is 1.27 bits per heavy atom. The maximum absolute atomic E-state index is 6.82. The van der Waals surface area contributed by atoms with Crippen LogP contribution < -0.4 is 10.2 Å². The Labute approximate surface area is 157 Å². The van der Waals surface area contributed by atoms with Gasteiger partial charge in [0.05, 0.1) is 16.5 Å². The second-order valence-corrected chi connectivity index (χ2v) is 7.37. The lowest BCUT2D eigenvalue weighted by molar-refractivity contribution is 0.623. The van der Waals surface area contributed by atoms with E-state index in [4.69, 9.17) is 16.6 Å². The van der Waals surface area contributed by atoms with E-state index in [0.29, 0.717) is 5.92 Å². The van der Waals surface area contributed by atoms with Gasteiger partial charge in [0, 0.05) is 36.4 Å². The lowest BCUT2D eigenvalue weighted by atomic mass is 10.1. The second kappa shape index (κ2) is 6.02. The zero-order valence-corrected chi connectivity index (χ0v) is 15.2. The average Bonchev–Trinajstić information content (AvgIpc) is 3.41. The molecule has 1 saturated heterocycles. The first kappa shape index (κ1) is 15.7. The zero-order valence-electron chi connectivity index (χ0n) is 14.4. The van der Waals surface area contributed by atoms with E-state index in [9.17, 15) is 0 Å². The molecule has 2 fully saturated rings. The lowest BCUT2D eigenvalue weighted by Gasteiger charge is -2.31. The van der Waals surface area contributed by atoms with Crippen molar-refractivity contribution in [3.8, 4) is 11.3 Å². The minimum Gasteiger partial charge on any atom is -0.372 e. The van der Waals surface area contributed by atoms with Crippen LogP contribution >= 0.6 is 11.6 Å². The van der Waals surface area contributed by atoms with Gasteiger partial charge in [-0.2, -0.15) is 0 Å². The van der Waals surface area contributed by atoms with Crippen molar-refractivity contribution in [2.45, 2.75) is 25.2 Å². The van der Waals surface area contributed by atoms with E-state index in [1.807, 2.05) is 24.4 Å². The van der Waals surface area contributed by atoms with Crippen molar-refractivity contribution in [2.75, 3.05) is 18.0 Å². The number of H-pyrrole nitrogens is 1. The normalized spacial score (nSPS) is 17.6. The number of hydrogen-bond donors (Lipinski definition) is 2. The third-order valence-corrected chi connectivity index (χ3v) is 5.58. The third-order valence-electron chi connectivity index (χ3n) is 5.19. The predicted molar refractivity (Wildman–Crippen MR) is 105 cm³/mol. The van der Waals surface area contributed by atoms with E-state index in [1.54, 1.807) is 0 Å². The van der Waals surface area contributed by atoms with E-state index < -0.39 is 0 Å². The standard InChI is InChI=1S/C20H20ClN5/c1-12-22-8-3-9-26(12)17-5-2-4-16(25-17)15-11-24-20-18(19(15)21)14(10-23-20)13-6-7-13/h2,4-5,10-11,13,22H,1,3,6-9H2,(H,23,24). The summed E-state index contributed by atoms with van der Waals surface area (Å²) in [5.41, 5.74) is 3.84. The number of anilines is 1. The minimum atomic E-state index is 0.611. The van der Waals surface area contributed by atoms with Crippen LogP contribution in [0.25, 0.3) is 22.3 Å². The molecule has 1 saturated carbocycles. The summed E-state index contributed by atoms with van der Waals surface area (Å²) in [6.45, 7) is 5.97. The molecule has 2 aliphatic rings. The Balaban J connectivity index is 1.59. The van der Waals surface area contributed by atoms with Crippen LogP contribution in [0.1, 0.15) is 30.7 Å².